The predicted molar refractivity (Wildman–Crippen MR) is 126 cm³/mol. The van der Waals surface area contributed by atoms with Gasteiger partial charge in [-0.2, -0.15) is 0 Å². The molecule has 4 heteroatoms. The number of aliphatic hydroxyl groups excluding tert-OH is 1. The normalized spacial score (nSPS) is 13.0. The zero-order valence-corrected chi connectivity index (χ0v) is 18.6. The highest BCUT2D eigenvalue weighted by Crippen LogP contribution is 2.33. The first-order chi connectivity index (χ1) is 15.2. The Hall–Kier alpha value is -2.72. The van der Waals surface area contributed by atoms with Crippen LogP contribution in [-0.4, -0.2) is 31.0 Å². The van der Waals surface area contributed by atoms with Crippen molar-refractivity contribution in [3.05, 3.63) is 66.7 Å². The molecule has 1 N–H and O–H groups in total. The van der Waals surface area contributed by atoms with Crippen molar-refractivity contribution in [2.75, 3.05) is 19.8 Å². The lowest BCUT2D eigenvalue weighted by Gasteiger charge is -2.18. The molecule has 0 aromatic heterocycles. The Morgan fingerprint density at radius 2 is 1.29 bits per heavy atom. The van der Waals surface area contributed by atoms with Crippen molar-refractivity contribution in [2.45, 2.75) is 45.6 Å². The lowest BCUT2D eigenvalue weighted by molar-refractivity contribution is 0.0632. The zero-order valence-electron chi connectivity index (χ0n) is 18.6. The van der Waals surface area contributed by atoms with Gasteiger partial charge in [-0.25, -0.2) is 0 Å². The van der Waals surface area contributed by atoms with Crippen LogP contribution in [-0.2, 0) is 0 Å². The molecule has 0 radical (unpaired) electrons. The van der Waals surface area contributed by atoms with Crippen LogP contribution >= 0.6 is 0 Å². The van der Waals surface area contributed by atoms with E-state index < -0.39 is 6.10 Å². The predicted octanol–water partition coefficient (Wildman–Crippen LogP) is 6.25. The first-order valence-corrected chi connectivity index (χ1v) is 11.3. The smallest absolute Gasteiger partial charge is 0.127 e. The van der Waals surface area contributed by atoms with Gasteiger partial charge in [0.2, 0.25) is 0 Å². The van der Waals surface area contributed by atoms with Crippen molar-refractivity contribution in [1.82, 2.24) is 0 Å². The molecule has 31 heavy (non-hydrogen) atoms. The summed E-state index contributed by atoms with van der Waals surface area (Å²) >= 11 is 0. The molecule has 4 nitrogen and oxygen atoms in total. The van der Waals surface area contributed by atoms with E-state index in [-0.39, 0.29) is 13.2 Å². The molecule has 0 saturated carbocycles. The third-order valence-electron chi connectivity index (χ3n) is 5.48. The van der Waals surface area contributed by atoms with Gasteiger partial charge in [0.05, 0.1) is 6.61 Å². The number of hydrogen-bond donors (Lipinski definition) is 1. The van der Waals surface area contributed by atoms with Crippen LogP contribution in [0.3, 0.4) is 0 Å². The molecule has 0 aliphatic heterocycles. The monoisotopic (exact) mass is 422 g/mol. The van der Waals surface area contributed by atoms with Crippen LogP contribution in [0.4, 0.5) is 0 Å². The molecule has 0 spiro atoms. The van der Waals surface area contributed by atoms with Gasteiger partial charge in [-0.3, -0.25) is 0 Å². The van der Waals surface area contributed by atoms with Crippen molar-refractivity contribution >= 4 is 10.8 Å². The van der Waals surface area contributed by atoms with E-state index in [1.54, 1.807) is 0 Å². The van der Waals surface area contributed by atoms with Crippen LogP contribution in [0.25, 0.3) is 10.8 Å². The van der Waals surface area contributed by atoms with Crippen LogP contribution in [0.2, 0.25) is 0 Å². The molecule has 2 unspecified atom stereocenters. The summed E-state index contributed by atoms with van der Waals surface area (Å²) in [5.41, 5.74) is 0. The van der Waals surface area contributed by atoms with Gasteiger partial charge >= 0.3 is 0 Å². The Labute approximate surface area is 185 Å². The number of fused-ring (bicyclic) bond motifs is 1. The molecule has 2 atom stereocenters. The van der Waals surface area contributed by atoms with E-state index in [9.17, 15) is 5.11 Å². The quantitative estimate of drug-likeness (QED) is 0.353. The standard InChI is InChI=1S/C27H34O4/c1-3-5-11-21(4-2)18-30-26-16-17-27(25-15-10-9-14-24(25)26)31-20-22(28)19-29-23-12-7-6-8-13-23/h6-10,12-17,21-22,28H,3-5,11,18-20H2,1-2H3. The van der Waals surface area contributed by atoms with E-state index in [1.807, 2.05) is 60.7 Å². The molecule has 0 saturated heterocycles. The lowest BCUT2D eigenvalue weighted by atomic mass is 10.0. The molecule has 0 aliphatic carbocycles. The molecule has 0 heterocycles. The van der Waals surface area contributed by atoms with Crippen molar-refractivity contribution in [3.8, 4) is 17.2 Å². The van der Waals surface area contributed by atoms with E-state index in [4.69, 9.17) is 14.2 Å². The Morgan fingerprint density at radius 1 is 0.710 bits per heavy atom. The number of benzene rings is 3. The Bertz CT molecular complexity index is 910. The van der Waals surface area contributed by atoms with Crippen molar-refractivity contribution in [2.24, 2.45) is 5.92 Å². The number of hydrogen-bond acceptors (Lipinski definition) is 4. The summed E-state index contributed by atoms with van der Waals surface area (Å²) in [5.74, 6) is 2.93. The molecule has 3 aromatic carbocycles. The average molecular weight is 423 g/mol. The number of unbranched alkanes of at least 4 members (excludes halogenated alkanes) is 1. The Kier molecular flexibility index (Phi) is 9.04. The number of rotatable bonds is 13. The fourth-order valence-electron chi connectivity index (χ4n) is 3.54. The number of para-hydroxylation sites is 1. The van der Waals surface area contributed by atoms with E-state index in [1.165, 1.54) is 19.3 Å². The minimum Gasteiger partial charge on any atom is -0.493 e. The zero-order chi connectivity index (χ0) is 21.9. The maximum atomic E-state index is 10.3. The van der Waals surface area contributed by atoms with Gasteiger partial charge in [-0.1, -0.05) is 75.6 Å². The highest BCUT2D eigenvalue weighted by molar-refractivity contribution is 5.93. The van der Waals surface area contributed by atoms with Crippen molar-refractivity contribution in [3.63, 3.8) is 0 Å². The maximum absolute atomic E-state index is 10.3. The van der Waals surface area contributed by atoms with Crippen LogP contribution in [0.15, 0.2) is 66.7 Å². The summed E-state index contributed by atoms with van der Waals surface area (Å²) in [6.07, 6.45) is 4.06. The summed E-state index contributed by atoms with van der Waals surface area (Å²) in [6.45, 7) is 5.53. The van der Waals surface area contributed by atoms with Gasteiger partial charge in [0.15, 0.2) is 0 Å². The minimum atomic E-state index is -0.723. The molecule has 0 amide bonds. The fourth-order valence-corrected chi connectivity index (χ4v) is 3.54. The largest absolute Gasteiger partial charge is 0.493 e. The van der Waals surface area contributed by atoms with E-state index in [0.29, 0.717) is 5.92 Å². The first-order valence-electron chi connectivity index (χ1n) is 11.3. The summed E-state index contributed by atoms with van der Waals surface area (Å²) in [5, 5.41) is 12.3. The summed E-state index contributed by atoms with van der Waals surface area (Å²) in [6, 6.07) is 21.4. The van der Waals surface area contributed by atoms with E-state index >= 15 is 0 Å². The molecular weight excluding hydrogens is 388 g/mol. The van der Waals surface area contributed by atoms with Crippen molar-refractivity contribution < 1.29 is 19.3 Å². The van der Waals surface area contributed by atoms with Gasteiger partial charge in [-0.15, -0.1) is 0 Å². The third-order valence-corrected chi connectivity index (χ3v) is 5.48. The highest BCUT2D eigenvalue weighted by atomic mass is 16.5. The summed E-state index contributed by atoms with van der Waals surface area (Å²) in [7, 11) is 0. The highest BCUT2D eigenvalue weighted by Gasteiger charge is 2.13. The van der Waals surface area contributed by atoms with Crippen LogP contribution in [0, 0.1) is 5.92 Å². The van der Waals surface area contributed by atoms with E-state index in [0.717, 1.165) is 41.0 Å². The van der Waals surface area contributed by atoms with Gasteiger partial charge in [0.1, 0.15) is 36.6 Å². The van der Waals surface area contributed by atoms with Gasteiger partial charge in [0, 0.05) is 10.8 Å². The van der Waals surface area contributed by atoms with E-state index in [2.05, 4.69) is 19.9 Å². The van der Waals surface area contributed by atoms with Crippen LogP contribution in [0.1, 0.15) is 39.5 Å². The fraction of sp³-hybridized carbons (Fsp3) is 0.407. The second-order valence-electron chi connectivity index (χ2n) is 7.92. The maximum Gasteiger partial charge on any atom is 0.127 e. The molecule has 3 aromatic rings. The Balaban J connectivity index is 1.61. The minimum absolute atomic E-state index is 0.159. The summed E-state index contributed by atoms with van der Waals surface area (Å²) < 4.78 is 17.8. The second kappa shape index (κ2) is 12.2. The van der Waals surface area contributed by atoms with Crippen molar-refractivity contribution in [1.29, 1.82) is 0 Å². The second-order valence-corrected chi connectivity index (χ2v) is 7.92. The molecule has 0 bridgehead atoms. The average Bonchev–Trinajstić information content (AvgIpc) is 2.82. The van der Waals surface area contributed by atoms with Gasteiger partial charge in [0.25, 0.3) is 0 Å². The molecule has 0 aliphatic rings. The molecule has 3 rings (SSSR count). The summed E-state index contributed by atoms with van der Waals surface area (Å²) in [4.78, 5) is 0. The lowest BCUT2D eigenvalue weighted by Crippen LogP contribution is -2.25. The third kappa shape index (κ3) is 6.90. The van der Waals surface area contributed by atoms with Crippen LogP contribution in [0.5, 0.6) is 17.2 Å². The SMILES string of the molecule is CCCCC(CC)COc1ccc(OCC(O)COc2ccccc2)c2ccccc12. The number of ether oxygens (including phenoxy) is 3. The molecular formula is C27H34O4. The molecule has 166 valence electrons. The first kappa shape index (κ1) is 23.0. The van der Waals surface area contributed by atoms with Crippen LogP contribution < -0.4 is 14.2 Å². The van der Waals surface area contributed by atoms with Gasteiger partial charge in [-0.05, 0) is 36.6 Å². The van der Waals surface area contributed by atoms with Gasteiger partial charge < -0.3 is 19.3 Å². The number of aliphatic hydroxyl groups is 1. The molecule has 0 fully saturated rings. The Morgan fingerprint density at radius 3 is 1.90 bits per heavy atom. The topological polar surface area (TPSA) is 47.9 Å².